The molecule has 0 radical (unpaired) electrons. The van der Waals surface area contributed by atoms with Crippen LogP contribution in [-0.2, 0) is 14.6 Å². The van der Waals surface area contributed by atoms with Gasteiger partial charge in [-0.2, -0.15) is 0 Å². The largest absolute Gasteiger partial charge is 0.334 e. The first-order valence-corrected chi connectivity index (χ1v) is 9.43. The highest BCUT2D eigenvalue weighted by Gasteiger charge is 2.29. The minimum atomic E-state index is -3.02. The quantitative estimate of drug-likeness (QED) is 0.864. The van der Waals surface area contributed by atoms with Crippen LogP contribution in [0.5, 0.6) is 0 Å². The number of amides is 3. The number of hydrogen-bond acceptors (Lipinski definition) is 4. The van der Waals surface area contributed by atoms with E-state index in [9.17, 15) is 18.0 Å². The molecule has 0 bridgehead atoms. The van der Waals surface area contributed by atoms with Crippen LogP contribution in [0.1, 0.15) is 19.3 Å². The topological polar surface area (TPSA) is 95.6 Å². The summed E-state index contributed by atoms with van der Waals surface area (Å²) in [5.41, 5.74) is 1.33. The van der Waals surface area contributed by atoms with Crippen molar-refractivity contribution in [3.63, 3.8) is 0 Å². The highest BCUT2D eigenvalue weighted by Crippen LogP contribution is 2.24. The fourth-order valence-electron chi connectivity index (χ4n) is 2.93. The molecule has 1 atom stereocenters. The van der Waals surface area contributed by atoms with Gasteiger partial charge >= 0.3 is 6.03 Å². The summed E-state index contributed by atoms with van der Waals surface area (Å²) in [6.07, 6.45) is 1.83. The molecule has 0 saturated carbocycles. The maximum Gasteiger partial charge on any atom is 0.319 e. The van der Waals surface area contributed by atoms with E-state index in [0.29, 0.717) is 25.1 Å². The summed E-state index contributed by atoms with van der Waals surface area (Å²) in [6.45, 7) is 0.689. The summed E-state index contributed by atoms with van der Waals surface area (Å²) in [6, 6.07) is 6.30. The smallest absolute Gasteiger partial charge is 0.319 e. The lowest BCUT2D eigenvalue weighted by Crippen LogP contribution is -2.38. The van der Waals surface area contributed by atoms with Gasteiger partial charge in [0.05, 0.1) is 11.5 Å². The Labute approximate surface area is 135 Å². The maximum atomic E-state index is 12.0. The van der Waals surface area contributed by atoms with Gasteiger partial charge in [0.1, 0.15) is 0 Å². The minimum Gasteiger partial charge on any atom is -0.334 e. The Bertz CT molecular complexity index is 732. The number of sulfone groups is 1. The van der Waals surface area contributed by atoms with Crippen LogP contribution in [-0.4, -0.2) is 44.4 Å². The van der Waals surface area contributed by atoms with E-state index in [1.165, 1.54) is 0 Å². The molecule has 23 heavy (non-hydrogen) atoms. The molecular weight excluding hydrogens is 318 g/mol. The molecule has 2 N–H and O–H groups in total. The first-order chi connectivity index (χ1) is 10.9. The molecule has 8 heteroatoms. The van der Waals surface area contributed by atoms with Crippen molar-refractivity contribution < 1.29 is 18.0 Å². The highest BCUT2D eigenvalue weighted by atomic mass is 32.2. The summed E-state index contributed by atoms with van der Waals surface area (Å²) < 4.78 is 22.8. The van der Waals surface area contributed by atoms with E-state index in [0.717, 1.165) is 12.1 Å². The molecule has 0 aliphatic carbocycles. The van der Waals surface area contributed by atoms with Crippen molar-refractivity contribution >= 4 is 33.2 Å². The molecule has 1 unspecified atom stereocenters. The molecule has 1 aromatic carbocycles. The summed E-state index contributed by atoms with van der Waals surface area (Å²) in [4.78, 5) is 25.4. The summed E-state index contributed by atoms with van der Waals surface area (Å²) in [5.74, 6) is 0.190. The lowest BCUT2D eigenvalue weighted by Gasteiger charge is -2.17. The van der Waals surface area contributed by atoms with Crippen LogP contribution >= 0.6 is 0 Å². The van der Waals surface area contributed by atoms with E-state index >= 15 is 0 Å². The van der Waals surface area contributed by atoms with Crippen molar-refractivity contribution in [2.45, 2.75) is 25.3 Å². The van der Waals surface area contributed by atoms with Crippen LogP contribution < -0.4 is 15.5 Å². The molecule has 2 fully saturated rings. The summed E-state index contributed by atoms with van der Waals surface area (Å²) in [7, 11) is -3.02. The van der Waals surface area contributed by atoms with Gasteiger partial charge in [0.25, 0.3) is 0 Å². The Morgan fingerprint density at radius 1 is 1.30 bits per heavy atom. The van der Waals surface area contributed by atoms with Crippen LogP contribution in [0.2, 0.25) is 0 Å². The number of hydrogen-bond donors (Lipinski definition) is 2. The Morgan fingerprint density at radius 3 is 2.78 bits per heavy atom. The van der Waals surface area contributed by atoms with Gasteiger partial charge in [0.2, 0.25) is 5.91 Å². The molecule has 2 heterocycles. The van der Waals surface area contributed by atoms with Crippen LogP contribution in [0.4, 0.5) is 16.2 Å². The second-order valence-corrected chi connectivity index (χ2v) is 8.13. The van der Waals surface area contributed by atoms with Gasteiger partial charge in [0.15, 0.2) is 9.84 Å². The number of rotatable bonds is 3. The van der Waals surface area contributed by atoms with Gasteiger partial charge in [-0.15, -0.1) is 0 Å². The van der Waals surface area contributed by atoms with Gasteiger partial charge in [-0.05, 0) is 31.0 Å². The van der Waals surface area contributed by atoms with Crippen LogP contribution in [0.25, 0.3) is 0 Å². The van der Waals surface area contributed by atoms with Gasteiger partial charge < -0.3 is 15.5 Å². The second-order valence-electron chi connectivity index (χ2n) is 5.90. The zero-order valence-corrected chi connectivity index (χ0v) is 13.4. The zero-order chi connectivity index (χ0) is 16.4. The van der Waals surface area contributed by atoms with E-state index in [2.05, 4.69) is 10.6 Å². The van der Waals surface area contributed by atoms with Crippen molar-refractivity contribution in [1.29, 1.82) is 0 Å². The third kappa shape index (κ3) is 3.82. The molecular formula is C15H19N3O4S. The number of anilines is 2. The lowest BCUT2D eigenvalue weighted by molar-refractivity contribution is -0.117. The van der Waals surface area contributed by atoms with Crippen LogP contribution in [0, 0.1) is 0 Å². The van der Waals surface area contributed by atoms with Crippen molar-refractivity contribution in [2.24, 2.45) is 0 Å². The molecule has 2 aliphatic rings. The van der Waals surface area contributed by atoms with Crippen molar-refractivity contribution in [2.75, 3.05) is 28.3 Å². The average molecular weight is 337 g/mol. The molecule has 0 aromatic heterocycles. The number of nitrogens with zero attached hydrogens (tertiary/aromatic N) is 1. The van der Waals surface area contributed by atoms with Crippen molar-refractivity contribution in [3.8, 4) is 0 Å². The molecule has 1 aromatic rings. The monoisotopic (exact) mass is 337 g/mol. The Balaban J connectivity index is 1.61. The Kier molecular flexibility index (Phi) is 4.25. The number of nitrogens with one attached hydrogen (secondary N) is 2. The molecule has 3 amide bonds. The van der Waals surface area contributed by atoms with Gasteiger partial charge in [-0.25, -0.2) is 13.2 Å². The number of benzene rings is 1. The third-order valence-electron chi connectivity index (χ3n) is 4.06. The fourth-order valence-corrected chi connectivity index (χ4v) is 4.61. The molecule has 124 valence electrons. The predicted octanol–water partition coefficient (Wildman–Crippen LogP) is 1.12. The zero-order valence-electron chi connectivity index (χ0n) is 12.6. The van der Waals surface area contributed by atoms with E-state index in [4.69, 9.17) is 0 Å². The van der Waals surface area contributed by atoms with E-state index < -0.39 is 15.9 Å². The predicted molar refractivity (Wildman–Crippen MR) is 87.2 cm³/mol. The third-order valence-corrected chi connectivity index (χ3v) is 5.82. The van der Waals surface area contributed by atoms with Gasteiger partial charge in [-0.1, -0.05) is 6.07 Å². The first-order valence-electron chi connectivity index (χ1n) is 7.61. The highest BCUT2D eigenvalue weighted by molar-refractivity contribution is 7.91. The summed E-state index contributed by atoms with van der Waals surface area (Å²) >= 11 is 0. The summed E-state index contributed by atoms with van der Waals surface area (Å²) in [5, 5.41) is 5.36. The van der Waals surface area contributed by atoms with Crippen LogP contribution in [0.15, 0.2) is 24.3 Å². The average Bonchev–Trinajstić information content (AvgIpc) is 3.04. The normalized spacial score (nSPS) is 23.0. The molecule has 7 nitrogen and oxygen atoms in total. The van der Waals surface area contributed by atoms with Crippen molar-refractivity contribution in [3.05, 3.63) is 24.3 Å². The SMILES string of the molecule is O=C(Nc1cccc(N2CCCC2=O)c1)NC1CCS(=O)(=O)C1. The standard InChI is InChI=1S/C15H19N3O4S/c19-14-5-2-7-18(14)13-4-1-3-11(9-13)16-15(20)17-12-6-8-23(21,22)10-12/h1,3-4,9,12H,2,5-8,10H2,(H2,16,17,20). The van der Waals surface area contributed by atoms with Crippen molar-refractivity contribution in [1.82, 2.24) is 5.32 Å². The van der Waals surface area contributed by atoms with Gasteiger partial charge in [-0.3, -0.25) is 4.79 Å². The van der Waals surface area contributed by atoms with Gasteiger partial charge in [0, 0.05) is 30.4 Å². The number of carbonyl (C=O) groups excluding carboxylic acids is 2. The van der Waals surface area contributed by atoms with Crippen LogP contribution in [0.3, 0.4) is 0 Å². The molecule has 0 spiro atoms. The molecule has 2 saturated heterocycles. The fraction of sp³-hybridized carbons (Fsp3) is 0.467. The lowest BCUT2D eigenvalue weighted by atomic mass is 10.2. The number of urea groups is 1. The van der Waals surface area contributed by atoms with E-state index in [1.54, 1.807) is 23.1 Å². The maximum absolute atomic E-state index is 12.0. The Hall–Kier alpha value is -2.09. The van der Waals surface area contributed by atoms with E-state index in [-0.39, 0.29) is 23.5 Å². The molecule has 3 rings (SSSR count). The molecule has 2 aliphatic heterocycles. The van der Waals surface area contributed by atoms with E-state index in [1.807, 2.05) is 6.07 Å². The minimum absolute atomic E-state index is 0.0112. The number of carbonyl (C=O) groups is 2. The second kappa shape index (κ2) is 6.19. The first kappa shape index (κ1) is 15.8. The Morgan fingerprint density at radius 2 is 2.13 bits per heavy atom.